The van der Waals surface area contributed by atoms with Gasteiger partial charge in [0, 0.05) is 58.3 Å². The number of esters is 2. The standard InChI is InChI=1S/C52H76O18/c1-26(53)34-19-22-52(59)50(34,8)45(68-46(57)31-15-13-12-14-16-31)43(65-30(5)54)44-48(6)20-18-33(23-32(48)17-21-51(44,52)58)70-49(7)25-36(61-10)41(29(4)69-49)66-37-24-35(60-9)40(28(3)63-37)67-47-39(56)42(62-11)38(55)27(2)64-47/h12-17,27-29,33-45,47,55-56,58-59H,18-25H2,1-11H3/t27?,28?,29?,33-,34-,35?,36?,37?,38?,39?,40?,41?,42?,43-,44?,45+,47?,48-,49?,50-,51-,52+/m0/s1. The van der Waals surface area contributed by atoms with Gasteiger partial charge in [0.2, 0.25) is 0 Å². The van der Waals surface area contributed by atoms with E-state index in [1.165, 1.54) is 21.0 Å². The first-order chi connectivity index (χ1) is 33.0. The number of fused-ring (bicyclic) bond motifs is 5. The van der Waals surface area contributed by atoms with Crippen LogP contribution in [-0.2, 0) is 61.7 Å². The van der Waals surface area contributed by atoms with Gasteiger partial charge in [-0.15, -0.1) is 0 Å². The largest absolute Gasteiger partial charge is 0.458 e. The smallest absolute Gasteiger partial charge is 0.338 e. The zero-order valence-corrected chi connectivity index (χ0v) is 42.4. The minimum atomic E-state index is -1.91. The molecule has 0 spiro atoms. The van der Waals surface area contributed by atoms with E-state index in [9.17, 15) is 34.8 Å². The number of methoxy groups -OCH3 is 3. The molecule has 18 heteroatoms. The van der Waals surface area contributed by atoms with Gasteiger partial charge in [-0.2, -0.15) is 0 Å². The van der Waals surface area contributed by atoms with Gasteiger partial charge in [0.1, 0.15) is 59.7 Å². The third kappa shape index (κ3) is 9.02. The predicted octanol–water partition coefficient (Wildman–Crippen LogP) is 4.09. The number of benzene rings is 1. The lowest BCUT2D eigenvalue weighted by Crippen LogP contribution is -2.80. The lowest BCUT2D eigenvalue weighted by Gasteiger charge is -2.68. The van der Waals surface area contributed by atoms with Gasteiger partial charge in [0.05, 0.1) is 42.2 Å². The number of carbonyl (C=O) groups is 3. The minimum absolute atomic E-state index is 0.00526. The van der Waals surface area contributed by atoms with Gasteiger partial charge in [0.25, 0.3) is 0 Å². The Labute approximate surface area is 410 Å². The van der Waals surface area contributed by atoms with Crippen molar-refractivity contribution in [3.8, 4) is 0 Å². The van der Waals surface area contributed by atoms with Gasteiger partial charge < -0.3 is 72.5 Å². The Bertz CT molecular complexity index is 2090. The van der Waals surface area contributed by atoms with Crippen LogP contribution >= 0.6 is 0 Å². The molecule has 4 aliphatic carbocycles. The second kappa shape index (κ2) is 20.1. The summed E-state index contributed by atoms with van der Waals surface area (Å²) in [6.07, 6.45) is -7.56. The normalized spacial score (nSPS) is 48.0. The molecule has 18 nitrogen and oxygen atoms in total. The van der Waals surface area contributed by atoms with Crippen molar-refractivity contribution in [2.45, 2.75) is 216 Å². The molecule has 70 heavy (non-hydrogen) atoms. The Morgan fingerprint density at radius 3 is 2.09 bits per heavy atom. The Balaban J connectivity index is 0.978. The second-order valence-corrected chi connectivity index (χ2v) is 21.7. The van der Waals surface area contributed by atoms with Crippen LogP contribution in [0.5, 0.6) is 0 Å². The van der Waals surface area contributed by atoms with Crippen molar-refractivity contribution in [2.24, 2.45) is 22.7 Å². The van der Waals surface area contributed by atoms with Crippen molar-refractivity contribution in [3.05, 3.63) is 47.5 Å². The number of ketones is 1. The van der Waals surface area contributed by atoms with E-state index in [1.807, 2.05) is 33.8 Å². The zero-order chi connectivity index (χ0) is 50.9. The molecule has 3 aliphatic heterocycles. The van der Waals surface area contributed by atoms with E-state index in [1.54, 1.807) is 58.4 Å². The summed E-state index contributed by atoms with van der Waals surface area (Å²) in [4.78, 5) is 40.6. The predicted molar refractivity (Wildman–Crippen MR) is 247 cm³/mol. The highest BCUT2D eigenvalue weighted by Crippen LogP contribution is 2.70. The third-order valence-electron chi connectivity index (χ3n) is 17.5. The van der Waals surface area contributed by atoms with E-state index >= 15 is 0 Å². The third-order valence-corrected chi connectivity index (χ3v) is 17.5. The number of hydrogen-bond donors (Lipinski definition) is 4. The number of carbonyl (C=O) groups excluding carboxylic acids is 3. The fraction of sp³-hybridized carbons (Fsp3) is 0.788. The Morgan fingerprint density at radius 1 is 0.757 bits per heavy atom. The van der Waals surface area contributed by atoms with Crippen molar-refractivity contribution >= 4 is 17.7 Å². The van der Waals surface area contributed by atoms with Crippen molar-refractivity contribution in [3.63, 3.8) is 0 Å². The van der Waals surface area contributed by atoms with Gasteiger partial charge in [-0.05, 0) is 90.7 Å². The minimum Gasteiger partial charge on any atom is -0.458 e. The topological polar surface area (TPSA) is 234 Å². The summed E-state index contributed by atoms with van der Waals surface area (Å²) in [5.74, 6) is -4.40. The summed E-state index contributed by atoms with van der Waals surface area (Å²) in [5.41, 5.74) is -4.96. The molecule has 22 atom stereocenters. The Morgan fingerprint density at radius 2 is 1.44 bits per heavy atom. The molecular formula is C52H76O18. The molecule has 3 heterocycles. The summed E-state index contributed by atoms with van der Waals surface area (Å²) in [6.45, 7) is 13.7. The number of Topliss-reactive ketones (excluding diaryl/α,β-unsaturated/α-hetero) is 1. The molecule has 392 valence electrons. The highest BCUT2D eigenvalue weighted by Gasteiger charge is 2.81. The summed E-state index contributed by atoms with van der Waals surface area (Å²) in [7, 11) is 4.59. The Kier molecular flexibility index (Phi) is 15.3. The average Bonchev–Trinajstić information content (AvgIpc) is 3.60. The van der Waals surface area contributed by atoms with Crippen LogP contribution in [0.3, 0.4) is 0 Å². The zero-order valence-electron chi connectivity index (χ0n) is 42.4. The first-order valence-corrected chi connectivity index (χ1v) is 25.0. The summed E-state index contributed by atoms with van der Waals surface area (Å²) in [6, 6.07) is 8.41. The van der Waals surface area contributed by atoms with E-state index in [4.69, 9.17) is 52.1 Å². The second-order valence-electron chi connectivity index (χ2n) is 21.7. The van der Waals surface area contributed by atoms with Crippen molar-refractivity contribution in [1.82, 2.24) is 0 Å². The van der Waals surface area contributed by atoms with Crippen molar-refractivity contribution < 1.29 is 86.9 Å². The van der Waals surface area contributed by atoms with Gasteiger partial charge in [0.15, 0.2) is 18.4 Å². The molecule has 0 bridgehead atoms. The molecule has 6 fully saturated rings. The van der Waals surface area contributed by atoms with Gasteiger partial charge >= 0.3 is 11.9 Å². The molecule has 8 rings (SSSR count). The maximum atomic E-state index is 14.0. The first-order valence-electron chi connectivity index (χ1n) is 25.0. The van der Waals surface area contributed by atoms with Gasteiger partial charge in [-0.1, -0.05) is 43.7 Å². The summed E-state index contributed by atoms with van der Waals surface area (Å²) < 4.78 is 68.6. The highest BCUT2D eigenvalue weighted by molar-refractivity contribution is 5.89. The van der Waals surface area contributed by atoms with E-state index in [-0.39, 0.29) is 43.1 Å². The first kappa shape index (κ1) is 53.3. The van der Waals surface area contributed by atoms with Gasteiger partial charge in [-0.3, -0.25) is 9.59 Å². The van der Waals surface area contributed by atoms with Crippen LogP contribution in [0.4, 0.5) is 0 Å². The SMILES string of the molecule is COC1CC(C)(O[C@H]2CC[C@@]3(C)C(=CC[C@]4(O)C3[C@H](OC(C)=O)[C@@H](OC(=O)c3ccccc3)[C@]3(C)[C@H](C(C)=O)CC[C@@]34O)C2)OC(C)C1OC1CC(OC)C(OC2OC(C)C(O)C(OC)C2O)C(C)O1. The van der Waals surface area contributed by atoms with E-state index in [0.29, 0.717) is 25.7 Å². The number of aliphatic hydroxyl groups excluding tert-OH is 2. The molecule has 14 unspecified atom stereocenters. The lowest BCUT2D eigenvalue weighted by molar-refractivity contribution is -0.364. The van der Waals surface area contributed by atoms with E-state index in [0.717, 1.165) is 5.57 Å². The van der Waals surface area contributed by atoms with Crippen LogP contribution in [0.25, 0.3) is 0 Å². The van der Waals surface area contributed by atoms with Crippen LogP contribution < -0.4 is 0 Å². The summed E-state index contributed by atoms with van der Waals surface area (Å²) >= 11 is 0. The van der Waals surface area contributed by atoms with Crippen LogP contribution in [0.15, 0.2) is 42.0 Å². The van der Waals surface area contributed by atoms with Crippen molar-refractivity contribution in [2.75, 3.05) is 21.3 Å². The molecule has 0 radical (unpaired) electrons. The van der Waals surface area contributed by atoms with Crippen molar-refractivity contribution in [1.29, 1.82) is 0 Å². The Hall–Kier alpha value is -2.95. The van der Waals surface area contributed by atoms with E-state index in [2.05, 4.69) is 0 Å². The van der Waals surface area contributed by atoms with Crippen LogP contribution in [0.1, 0.15) is 117 Å². The molecule has 4 N–H and O–H groups in total. The fourth-order valence-corrected chi connectivity index (χ4v) is 14.1. The quantitative estimate of drug-likeness (QED) is 0.161. The molecular weight excluding hydrogens is 913 g/mol. The molecule has 3 saturated heterocycles. The molecule has 1 aromatic carbocycles. The molecule has 7 aliphatic rings. The average molecular weight is 989 g/mol. The maximum Gasteiger partial charge on any atom is 0.338 e. The molecule has 1 aromatic rings. The number of ether oxygens (including phenoxy) is 11. The monoisotopic (exact) mass is 989 g/mol. The highest BCUT2D eigenvalue weighted by atomic mass is 16.8. The molecule has 0 amide bonds. The number of rotatable bonds is 13. The van der Waals surface area contributed by atoms with Crippen LogP contribution in [0, 0.1) is 22.7 Å². The summed E-state index contributed by atoms with van der Waals surface area (Å²) in [5, 5.41) is 47.8. The fourth-order valence-electron chi connectivity index (χ4n) is 14.1. The van der Waals surface area contributed by atoms with Gasteiger partial charge in [-0.25, -0.2) is 4.79 Å². The number of aliphatic hydroxyl groups is 4. The maximum absolute atomic E-state index is 14.0. The number of hydrogen-bond acceptors (Lipinski definition) is 18. The molecule has 0 aromatic heterocycles. The van der Waals surface area contributed by atoms with E-state index < -0.39 is 137 Å². The van der Waals surface area contributed by atoms with Crippen LogP contribution in [-0.4, -0.2) is 168 Å². The molecule has 3 saturated carbocycles. The lowest BCUT2D eigenvalue weighted by atomic mass is 9.42. The van der Waals surface area contributed by atoms with Crippen LogP contribution in [0.2, 0.25) is 0 Å².